The summed E-state index contributed by atoms with van der Waals surface area (Å²) >= 11 is 12.0. The molecule has 0 bridgehead atoms. The van der Waals surface area contributed by atoms with Crippen LogP contribution in [0.25, 0.3) is 0 Å². The summed E-state index contributed by atoms with van der Waals surface area (Å²) in [5, 5.41) is 0.914. The van der Waals surface area contributed by atoms with Crippen LogP contribution in [0, 0.1) is 5.82 Å². The number of nitrogens with zero attached hydrogens (tertiary/aromatic N) is 3. The lowest BCUT2D eigenvalue weighted by atomic mass is 10.2. The first-order valence-electron chi connectivity index (χ1n) is 9.38. The summed E-state index contributed by atoms with van der Waals surface area (Å²) in [7, 11) is -2.27. The Balaban J connectivity index is 1.64. The third-order valence-electron chi connectivity index (χ3n) is 5.03. The quantitative estimate of drug-likeness (QED) is 0.654. The Morgan fingerprint density at radius 3 is 2.45 bits per heavy atom. The molecule has 29 heavy (non-hydrogen) atoms. The molecule has 0 aromatic heterocycles. The molecule has 0 atom stereocenters. The molecule has 2 aromatic rings. The van der Waals surface area contributed by atoms with E-state index in [1.807, 2.05) is 24.3 Å². The van der Waals surface area contributed by atoms with E-state index in [-0.39, 0.29) is 17.1 Å². The molecule has 5 nitrogen and oxygen atoms in total. The van der Waals surface area contributed by atoms with Gasteiger partial charge in [-0.05, 0) is 42.8 Å². The smallest absolute Gasteiger partial charge is 0.282 e. The molecule has 3 rings (SSSR count). The summed E-state index contributed by atoms with van der Waals surface area (Å²) in [5.74, 6) is -0.510. The van der Waals surface area contributed by atoms with Crippen molar-refractivity contribution in [3.8, 4) is 0 Å². The number of hydrogen-bond donors (Lipinski definition) is 0. The number of rotatable bonds is 6. The maximum absolute atomic E-state index is 14.1. The Labute approximate surface area is 181 Å². The lowest BCUT2D eigenvalue weighted by Crippen LogP contribution is -2.43. The Hall–Kier alpha value is -1.22. The van der Waals surface area contributed by atoms with Crippen LogP contribution in [-0.2, 0) is 23.3 Å². The molecule has 0 aliphatic carbocycles. The molecule has 158 valence electrons. The average Bonchev–Trinajstić information content (AvgIpc) is 2.92. The van der Waals surface area contributed by atoms with Crippen LogP contribution in [0.3, 0.4) is 0 Å². The summed E-state index contributed by atoms with van der Waals surface area (Å²) in [6, 6.07) is 12.0. The highest BCUT2D eigenvalue weighted by atomic mass is 35.5. The normalized spacial score (nSPS) is 16.9. The van der Waals surface area contributed by atoms with Crippen LogP contribution in [-0.4, -0.2) is 55.2 Å². The molecule has 0 unspecified atom stereocenters. The van der Waals surface area contributed by atoms with E-state index in [2.05, 4.69) is 4.90 Å². The minimum absolute atomic E-state index is 0.112. The van der Waals surface area contributed by atoms with Gasteiger partial charge in [0.2, 0.25) is 0 Å². The van der Waals surface area contributed by atoms with Gasteiger partial charge in [-0.15, -0.1) is 0 Å². The maximum atomic E-state index is 14.1. The van der Waals surface area contributed by atoms with Gasteiger partial charge >= 0.3 is 0 Å². The molecule has 0 saturated carbocycles. The van der Waals surface area contributed by atoms with E-state index < -0.39 is 16.0 Å². The monoisotopic (exact) mass is 459 g/mol. The van der Waals surface area contributed by atoms with Crippen molar-refractivity contribution >= 4 is 33.4 Å². The number of halogens is 3. The standard InChI is InChI=1S/C20H24Cl2FN3O2S/c1-24(15-18-19(22)4-2-5-20(18)23)29(27,28)26-11-3-10-25(12-13-26)14-16-6-8-17(21)9-7-16/h2,4-9H,3,10-15H2,1H3. The zero-order valence-electron chi connectivity index (χ0n) is 16.2. The molecule has 0 radical (unpaired) electrons. The third kappa shape index (κ3) is 5.69. The van der Waals surface area contributed by atoms with Crippen molar-refractivity contribution < 1.29 is 12.8 Å². The molecular formula is C20H24Cl2FN3O2S. The molecule has 1 aliphatic rings. The Morgan fingerprint density at radius 1 is 1.03 bits per heavy atom. The van der Waals surface area contributed by atoms with Crippen LogP contribution in [0.1, 0.15) is 17.5 Å². The van der Waals surface area contributed by atoms with Crippen LogP contribution in [0.15, 0.2) is 42.5 Å². The van der Waals surface area contributed by atoms with Gasteiger partial charge in [0.1, 0.15) is 5.82 Å². The van der Waals surface area contributed by atoms with E-state index in [0.29, 0.717) is 24.7 Å². The summed E-state index contributed by atoms with van der Waals surface area (Å²) < 4.78 is 42.7. The van der Waals surface area contributed by atoms with Gasteiger partial charge in [-0.2, -0.15) is 17.0 Å². The Morgan fingerprint density at radius 2 is 1.76 bits per heavy atom. The maximum Gasteiger partial charge on any atom is 0.282 e. The van der Waals surface area contributed by atoms with Crippen molar-refractivity contribution in [1.29, 1.82) is 0 Å². The van der Waals surface area contributed by atoms with Gasteiger partial charge in [0.05, 0.1) is 0 Å². The van der Waals surface area contributed by atoms with Gasteiger partial charge in [-0.1, -0.05) is 41.4 Å². The number of benzene rings is 2. The molecule has 1 saturated heterocycles. The fourth-order valence-corrected chi connectivity index (χ4v) is 5.08. The lowest BCUT2D eigenvalue weighted by Gasteiger charge is -2.27. The molecule has 2 aromatic carbocycles. The minimum Gasteiger partial charge on any atom is -0.298 e. The minimum atomic E-state index is -3.72. The first-order valence-corrected chi connectivity index (χ1v) is 11.5. The summed E-state index contributed by atoms with van der Waals surface area (Å²) in [6.45, 7) is 2.86. The fraction of sp³-hybridized carbons (Fsp3) is 0.400. The Kier molecular flexibility index (Phi) is 7.53. The number of hydrogen-bond acceptors (Lipinski definition) is 3. The van der Waals surface area contributed by atoms with Gasteiger partial charge < -0.3 is 0 Å². The van der Waals surface area contributed by atoms with E-state index in [1.165, 1.54) is 23.5 Å². The summed E-state index contributed by atoms with van der Waals surface area (Å²) in [6.07, 6.45) is 0.723. The van der Waals surface area contributed by atoms with Gasteiger partial charge in [-0.3, -0.25) is 4.90 Å². The van der Waals surface area contributed by atoms with Crippen molar-refractivity contribution in [3.63, 3.8) is 0 Å². The van der Waals surface area contributed by atoms with E-state index in [4.69, 9.17) is 23.2 Å². The first-order chi connectivity index (χ1) is 13.8. The molecule has 9 heteroatoms. The van der Waals surface area contributed by atoms with Crippen molar-refractivity contribution in [2.45, 2.75) is 19.5 Å². The van der Waals surface area contributed by atoms with Crippen LogP contribution in [0.2, 0.25) is 10.0 Å². The highest BCUT2D eigenvalue weighted by Crippen LogP contribution is 2.23. The van der Waals surface area contributed by atoms with Crippen LogP contribution in [0.5, 0.6) is 0 Å². The molecule has 0 N–H and O–H groups in total. The van der Waals surface area contributed by atoms with Gasteiger partial charge in [0.25, 0.3) is 10.2 Å². The van der Waals surface area contributed by atoms with E-state index in [1.54, 1.807) is 6.07 Å². The largest absolute Gasteiger partial charge is 0.298 e. The predicted molar refractivity (Wildman–Crippen MR) is 115 cm³/mol. The second-order valence-corrected chi connectivity index (χ2v) is 10.00. The van der Waals surface area contributed by atoms with Crippen LogP contribution < -0.4 is 0 Å². The van der Waals surface area contributed by atoms with Gasteiger partial charge in [-0.25, -0.2) is 4.39 Å². The molecule has 0 spiro atoms. The third-order valence-corrected chi connectivity index (χ3v) is 7.57. The Bertz CT molecular complexity index is 921. The zero-order chi connectivity index (χ0) is 21.0. The molecule has 1 aliphatic heterocycles. The van der Waals surface area contributed by atoms with Crippen molar-refractivity contribution in [2.24, 2.45) is 0 Å². The van der Waals surface area contributed by atoms with E-state index in [0.717, 1.165) is 29.4 Å². The molecule has 0 amide bonds. The van der Waals surface area contributed by atoms with E-state index >= 15 is 0 Å². The van der Waals surface area contributed by atoms with Gasteiger partial charge in [0, 0.05) is 55.4 Å². The topological polar surface area (TPSA) is 43.9 Å². The molecule has 1 fully saturated rings. The predicted octanol–water partition coefficient (Wildman–Crippen LogP) is 4.02. The van der Waals surface area contributed by atoms with Crippen molar-refractivity contribution in [1.82, 2.24) is 13.5 Å². The van der Waals surface area contributed by atoms with Crippen molar-refractivity contribution in [2.75, 3.05) is 33.2 Å². The average molecular weight is 460 g/mol. The first kappa shape index (κ1) is 22.5. The second-order valence-electron chi connectivity index (χ2n) is 7.12. The van der Waals surface area contributed by atoms with Crippen molar-refractivity contribution in [3.05, 3.63) is 69.5 Å². The van der Waals surface area contributed by atoms with Crippen LogP contribution in [0.4, 0.5) is 4.39 Å². The van der Waals surface area contributed by atoms with E-state index in [9.17, 15) is 12.8 Å². The van der Waals surface area contributed by atoms with Gasteiger partial charge in [0.15, 0.2) is 0 Å². The van der Waals surface area contributed by atoms with Crippen LogP contribution >= 0.6 is 23.2 Å². The summed E-state index contributed by atoms with van der Waals surface area (Å²) in [5.41, 5.74) is 1.32. The molecule has 1 heterocycles. The zero-order valence-corrected chi connectivity index (χ0v) is 18.5. The second kappa shape index (κ2) is 9.73. The summed E-state index contributed by atoms with van der Waals surface area (Å²) in [4.78, 5) is 2.23. The molecular weight excluding hydrogens is 436 g/mol. The highest BCUT2D eigenvalue weighted by Gasteiger charge is 2.29. The highest BCUT2D eigenvalue weighted by molar-refractivity contribution is 7.86. The SMILES string of the molecule is CN(Cc1c(F)cccc1Cl)S(=O)(=O)N1CCCN(Cc2ccc(Cl)cc2)CC1. The fourth-order valence-electron chi connectivity index (χ4n) is 3.37. The lowest BCUT2D eigenvalue weighted by molar-refractivity contribution is 0.276.